The van der Waals surface area contributed by atoms with Crippen molar-refractivity contribution < 1.29 is 28.7 Å². The van der Waals surface area contributed by atoms with Gasteiger partial charge in [-0.2, -0.15) is 0 Å². The zero-order valence-electron chi connectivity index (χ0n) is 16.9. The maximum atomic E-state index is 13.1. The van der Waals surface area contributed by atoms with Crippen LogP contribution in [-0.2, 0) is 9.53 Å². The molecule has 1 aliphatic heterocycles. The first-order valence-electron chi connectivity index (χ1n) is 9.20. The summed E-state index contributed by atoms with van der Waals surface area (Å²) in [6.07, 6.45) is 0.00307. The monoisotopic (exact) mass is 453 g/mol. The van der Waals surface area contributed by atoms with E-state index in [0.29, 0.717) is 16.6 Å². The molecule has 1 saturated heterocycles. The number of amides is 3. The molecule has 0 radical (unpaired) electrons. The average Bonchev–Trinajstić information content (AvgIpc) is 3.17. The lowest BCUT2D eigenvalue weighted by atomic mass is 10.0. The van der Waals surface area contributed by atoms with Gasteiger partial charge in [0.2, 0.25) is 0 Å². The van der Waals surface area contributed by atoms with E-state index < -0.39 is 23.7 Å². The summed E-state index contributed by atoms with van der Waals surface area (Å²) in [6, 6.07) is 2.70. The van der Waals surface area contributed by atoms with Crippen LogP contribution in [0.5, 0.6) is 5.75 Å². The van der Waals surface area contributed by atoms with Crippen molar-refractivity contribution in [1.29, 1.82) is 0 Å². The van der Waals surface area contributed by atoms with Crippen LogP contribution < -0.4 is 15.4 Å². The van der Waals surface area contributed by atoms with Gasteiger partial charge in [0, 0.05) is 31.5 Å². The molecule has 0 atom stereocenters. The predicted octanol–water partition coefficient (Wildman–Crippen LogP) is 1.21. The molecule has 3 amide bonds. The summed E-state index contributed by atoms with van der Waals surface area (Å²) < 4.78 is 10.6. The smallest absolute Gasteiger partial charge is 0.307 e. The van der Waals surface area contributed by atoms with Crippen LogP contribution in [0.3, 0.4) is 0 Å². The zero-order chi connectivity index (χ0) is 22.3. The minimum Gasteiger partial charge on any atom is -0.495 e. The predicted molar refractivity (Wildman–Crippen MR) is 116 cm³/mol. The Kier molecular flexibility index (Phi) is 8.60. The molecule has 1 aromatic rings. The topological polar surface area (TPSA) is 114 Å². The van der Waals surface area contributed by atoms with Crippen LogP contribution in [0.1, 0.15) is 44.4 Å². The van der Waals surface area contributed by atoms with Crippen LogP contribution in [0, 0.1) is 0 Å². The Hall–Kier alpha value is -2.66. The summed E-state index contributed by atoms with van der Waals surface area (Å²) in [4.78, 5) is 50.9. The number of esters is 1. The van der Waals surface area contributed by atoms with Crippen molar-refractivity contribution in [3.8, 4) is 5.75 Å². The number of carbonyl (C=O) groups excluding carboxylic acids is 4. The number of nitrogens with zero attached hydrogens (tertiary/aromatic N) is 1. The van der Waals surface area contributed by atoms with Gasteiger partial charge in [0.05, 0.1) is 31.3 Å². The molecule has 1 fully saturated rings. The lowest BCUT2D eigenvalue weighted by molar-refractivity contribution is -0.142. The van der Waals surface area contributed by atoms with Crippen molar-refractivity contribution in [2.24, 2.45) is 0 Å². The second-order valence-corrected chi connectivity index (χ2v) is 7.79. The van der Waals surface area contributed by atoms with Crippen LogP contribution in [0.4, 0.5) is 0 Å². The van der Waals surface area contributed by atoms with E-state index in [4.69, 9.17) is 21.7 Å². The number of thiocarbonyl (C=S) groups is 1. The van der Waals surface area contributed by atoms with Crippen molar-refractivity contribution >= 4 is 52.0 Å². The molecule has 1 aromatic carbocycles. The third-order valence-electron chi connectivity index (χ3n) is 4.18. The molecule has 9 nitrogen and oxygen atoms in total. The highest BCUT2D eigenvalue weighted by Crippen LogP contribution is 2.30. The molecule has 0 spiro atoms. The van der Waals surface area contributed by atoms with Gasteiger partial charge in [0.1, 0.15) is 10.1 Å². The van der Waals surface area contributed by atoms with Gasteiger partial charge in [-0.3, -0.25) is 24.1 Å². The summed E-state index contributed by atoms with van der Waals surface area (Å²) in [5.74, 6) is -1.21. The summed E-state index contributed by atoms with van der Waals surface area (Å²) in [5, 5.41) is 5.06. The fourth-order valence-corrected chi connectivity index (χ4v) is 3.98. The lowest BCUT2D eigenvalue weighted by Gasteiger charge is -2.19. The summed E-state index contributed by atoms with van der Waals surface area (Å²) in [5.41, 5.74) is 0.178. The number of rotatable bonds is 8. The van der Waals surface area contributed by atoms with E-state index in [0.717, 1.165) is 0 Å². The van der Waals surface area contributed by atoms with Crippen LogP contribution in [0.2, 0.25) is 0 Å². The largest absolute Gasteiger partial charge is 0.495 e. The normalized spacial score (nSPS) is 13.0. The standard InChI is InChI=1S/C19H23N3O6S2/c1-4-28-14(23)5-6-21-16(24)11-9-12(17(25)20-2)15(27-3)13(10-11)18(26)22-7-8-30-19(22)29/h9-10H,4-8H2,1-3H3,(H,20,25)(H,21,24). The average molecular weight is 454 g/mol. The van der Waals surface area contributed by atoms with Crippen molar-refractivity contribution in [3.63, 3.8) is 0 Å². The van der Waals surface area contributed by atoms with E-state index in [9.17, 15) is 19.2 Å². The van der Waals surface area contributed by atoms with E-state index >= 15 is 0 Å². The first kappa shape index (κ1) is 23.6. The molecule has 2 rings (SSSR count). The van der Waals surface area contributed by atoms with Gasteiger partial charge in [-0.25, -0.2) is 0 Å². The molecule has 0 aromatic heterocycles. The maximum absolute atomic E-state index is 13.1. The molecule has 1 aliphatic rings. The molecule has 11 heteroatoms. The summed E-state index contributed by atoms with van der Waals surface area (Å²) in [7, 11) is 2.77. The van der Waals surface area contributed by atoms with E-state index in [2.05, 4.69) is 10.6 Å². The number of benzene rings is 1. The van der Waals surface area contributed by atoms with Gasteiger partial charge in [0.25, 0.3) is 17.7 Å². The minimum atomic E-state index is -0.542. The molecule has 0 bridgehead atoms. The Bertz CT molecular complexity index is 874. The van der Waals surface area contributed by atoms with Gasteiger partial charge in [-0.15, -0.1) is 0 Å². The highest BCUT2D eigenvalue weighted by atomic mass is 32.2. The molecular formula is C19H23N3O6S2. The minimum absolute atomic E-state index is 0.00307. The third kappa shape index (κ3) is 5.48. The molecule has 0 unspecified atom stereocenters. The van der Waals surface area contributed by atoms with Crippen molar-refractivity contribution in [2.45, 2.75) is 13.3 Å². The molecule has 0 aliphatic carbocycles. The van der Waals surface area contributed by atoms with Crippen LogP contribution >= 0.6 is 24.0 Å². The second kappa shape index (κ2) is 10.9. The number of ether oxygens (including phenoxy) is 2. The maximum Gasteiger partial charge on any atom is 0.307 e. The first-order chi connectivity index (χ1) is 14.3. The van der Waals surface area contributed by atoms with Crippen LogP contribution in [0.25, 0.3) is 0 Å². The molecule has 30 heavy (non-hydrogen) atoms. The fourth-order valence-electron chi connectivity index (χ4n) is 2.78. The van der Waals surface area contributed by atoms with Gasteiger partial charge < -0.3 is 20.1 Å². The Morgan fingerprint density at radius 3 is 2.47 bits per heavy atom. The summed E-state index contributed by atoms with van der Waals surface area (Å²) in [6.45, 7) is 2.42. The molecule has 162 valence electrons. The Morgan fingerprint density at radius 1 is 1.20 bits per heavy atom. The van der Waals surface area contributed by atoms with Crippen LogP contribution in [-0.4, -0.2) is 72.5 Å². The number of thioether (sulfide) groups is 1. The molecular weight excluding hydrogens is 430 g/mol. The van der Waals surface area contributed by atoms with Gasteiger partial charge >= 0.3 is 5.97 Å². The number of hydrogen-bond donors (Lipinski definition) is 2. The quantitative estimate of drug-likeness (QED) is 0.446. The SMILES string of the molecule is CCOC(=O)CCNC(=O)c1cc(C(=O)NC)c(OC)c(C(=O)N2CCSC2=S)c1. The summed E-state index contributed by atoms with van der Waals surface area (Å²) >= 11 is 6.59. The number of carbonyl (C=O) groups is 4. The van der Waals surface area contributed by atoms with E-state index in [1.807, 2.05) is 0 Å². The Morgan fingerprint density at radius 2 is 1.90 bits per heavy atom. The second-order valence-electron chi connectivity index (χ2n) is 6.07. The van der Waals surface area contributed by atoms with Crippen molar-refractivity contribution in [3.05, 3.63) is 28.8 Å². The highest BCUT2D eigenvalue weighted by Gasteiger charge is 2.30. The van der Waals surface area contributed by atoms with Gasteiger partial charge in [-0.05, 0) is 19.1 Å². The van der Waals surface area contributed by atoms with E-state index in [1.54, 1.807) is 6.92 Å². The van der Waals surface area contributed by atoms with Crippen molar-refractivity contribution in [2.75, 3.05) is 39.6 Å². The first-order valence-corrected chi connectivity index (χ1v) is 10.6. The molecule has 1 heterocycles. The third-order valence-corrected chi connectivity index (χ3v) is 5.61. The number of hydrogen-bond acceptors (Lipinski definition) is 8. The molecule has 2 N–H and O–H groups in total. The van der Waals surface area contributed by atoms with E-state index in [1.165, 1.54) is 43.0 Å². The lowest BCUT2D eigenvalue weighted by Crippen LogP contribution is -2.32. The van der Waals surface area contributed by atoms with Gasteiger partial charge in [-0.1, -0.05) is 24.0 Å². The molecule has 0 saturated carbocycles. The highest BCUT2D eigenvalue weighted by molar-refractivity contribution is 8.23. The zero-order valence-corrected chi connectivity index (χ0v) is 18.5. The Balaban J connectivity index is 2.37. The number of methoxy groups -OCH3 is 1. The fraction of sp³-hybridized carbons (Fsp3) is 0.421. The van der Waals surface area contributed by atoms with Crippen LogP contribution in [0.15, 0.2) is 12.1 Å². The van der Waals surface area contributed by atoms with Crippen molar-refractivity contribution in [1.82, 2.24) is 15.5 Å². The number of nitrogens with one attached hydrogen (secondary N) is 2. The van der Waals surface area contributed by atoms with Gasteiger partial charge in [0.15, 0.2) is 0 Å². The Labute approximate surface area is 183 Å². The van der Waals surface area contributed by atoms with E-state index in [-0.39, 0.29) is 42.0 Å².